The molecule has 0 bridgehead atoms. The molecular weight excluding hydrogens is 255 g/mol. The summed E-state index contributed by atoms with van der Waals surface area (Å²) >= 11 is 0. The molecule has 0 aromatic heterocycles. The molecule has 1 rings (SSSR count). The second-order valence-electron chi connectivity index (χ2n) is 4.48. The fraction of sp³-hybridized carbons (Fsp3) is 0.583. The molecule has 0 spiro atoms. The van der Waals surface area contributed by atoms with Crippen molar-refractivity contribution in [3.8, 4) is 0 Å². The molecule has 1 radical (unpaired) electrons. The molecule has 0 saturated heterocycles. The van der Waals surface area contributed by atoms with Crippen molar-refractivity contribution in [2.24, 2.45) is 11.8 Å². The van der Waals surface area contributed by atoms with Crippen molar-refractivity contribution in [2.45, 2.75) is 19.3 Å². The van der Waals surface area contributed by atoms with Gasteiger partial charge in [-0.3, -0.25) is 14.2 Å². The van der Waals surface area contributed by atoms with Crippen LogP contribution in [0.1, 0.15) is 19.3 Å². The Hall–Kier alpha value is -0.770. The topological polar surface area (TPSA) is 80.7 Å². The fourth-order valence-corrected chi connectivity index (χ4v) is 2.47. The molecule has 0 aromatic carbocycles. The minimum Gasteiger partial charge on any atom is -0.324 e. The lowest BCUT2D eigenvalue weighted by molar-refractivity contribution is -0.123. The number of ketones is 2. The van der Waals surface area contributed by atoms with Gasteiger partial charge in [0.05, 0.1) is 13.0 Å². The highest BCUT2D eigenvalue weighted by Gasteiger charge is 2.35. The summed E-state index contributed by atoms with van der Waals surface area (Å²) in [7, 11) is -3.44. The largest absolute Gasteiger partial charge is 0.325 e. The first kappa shape index (κ1) is 15.3. The zero-order chi connectivity index (χ0) is 13.8. The molecule has 0 heterocycles. The van der Waals surface area contributed by atoms with Crippen LogP contribution in [0.15, 0.2) is 12.7 Å². The Morgan fingerprint density at radius 3 is 2.78 bits per heavy atom. The van der Waals surface area contributed by atoms with Crippen molar-refractivity contribution >= 4 is 19.2 Å². The van der Waals surface area contributed by atoms with Crippen LogP contribution in [0, 0.1) is 18.3 Å². The van der Waals surface area contributed by atoms with Crippen LogP contribution in [0.3, 0.4) is 0 Å². The van der Waals surface area contributed by atoms with Gasteiger partial charge in [0.15, 0.2) is 0 Å². The highest BCUT2D eigenvalue weighted by Crippen LogP contribution is 2.37. The maximum absolute atomic E-state index is 11.6. The van der Waals surface area contributed by atoms with Gasteiger partial charge in [-0.1, -0.05) is 6.08 Å². The van der Waals surface area contributed by atoms with E-state index < -0.39 is 13.5 Å². The zero-order valence-corrected chi connectivity index (χ0v) is 11.3. The van der Waals surface area contributed by atoms with E-state index in [9.17, 15) is 14.2 Å². The standard InChI is InChI=1S/C12H18O5P/c1-3-9(5-4-6-17-18(2,15)16)11-7-10(13)8-12(11)14/h3,7,9,11H,1,4-6,8H2,2H3,(H,15,16). The second kappa shape index (κ2) is 6.41. The van der Waals surface area contributed by atoms with Crippen molar-refractivity contribution in [1.29, 1.82) is 0 Å². The maximum Gasteiger partial charge on any atom is 0.325 e. The molecule has 5 nitrogen and oxygen atoms in total. The molecule has 1 aliphatic rings. The summed E-state index contributed by atoms with van der Waals surface area (Å²) in [6.07, 6.45) is 4.23. The summed E-state index contributed by atoms with van der Waals surface area (Å²) in [4.78, 5) is 31.6. The minimum absolute atomic E-state index is 0.0215. The molecule has 1 fully saturated rings. The van der Waals surface area contributed by atoms with Gasteiger partial charge >= 0.3 is 7.60 Å². The number of allylic oxidation sites excluding steroid dienone is 1. The first-order valence-electron chi connectivity index (χ1n) is 5.81. The Morgan fingerprint density at radius 2 is 2.33 bits per heavy atom. The molecule has 18 heavy (non-hydrogen) atoms. The van der Waals surface area contributed by atoms with Crippen molar-refractivity contribution in [3.05, 3.63) is 19.1 Å². The van der Waals surface area contributed by atoms with Gasteiger partial charge < -0.3 is 9.42 Å². The third kappa shape index (κ3) is 4.84. The Morgan fingerprint density at radius 1 is 1.67 bits per heavy atom. The average Bonchev–Trinajstić information content (AvgIpc) is 2.56. The highest BCUT2D eigenvalue weighted by atomic mass is 31.2. The molecule has 6 heteroatoms. The normalized spacial score (nSPS) is 24.9. The van der Waals surface area contributed by atoms with Crippen LogP contribution >= 0.6 is 7.60 Å². The highest BCUT2D eigenvalue weighted by molar-refractivity contribution is 7.51. The van der Waals surface area contributed by atoms with Gasteiger partial charge in [0, 0.05) is 19.0 Å². The molecule has 0 aliphatic heterocycles. The lowest BCUT2D eigenvalue weighted by atomic mass is 9.87. The predicted molar refractivity (Wildman–Crippen MR) is 67.0 cm³/mol. The van der Waals surface area contributed by atoms with E-state index in [4.69, 9.17) is 9.42 Å². The molecule has 1 aliphatic carbocycles. The Kier molecular flexibility index (Phi) is 5.45. The van der Waals surface area contributed by atoms with Crippen LogP contribution in [0.25, 0.3) is 0 Å². The monoisotopic (exact) mass is 273 g/mol. The third-order valence-corrected chi connectivity index (χ3v) is 3.52. The summed E-state index contributed by atoms with van der Waals surface area (Å²) in [6.45, 7) is 4.95. The summed E-state index contributed by atoms with van der Waals surface area (Å²) in [5.74, 6) is -0.712. The first-order valence-corrected chi connectivity index (χ1v) is 7.83. The van der Waals surface area contributed by atoms with Crippen LogP contribution in [-0.2, 0) is 18.7 Å². The molecule has 101 valence electrons. The smallest absolute Gasteiger partial charge is 0.324 e. The van der Waals surface area contributed by atoms with E-state index in [1.165, 1.54) is 6.42 Å². The Bertz CT molecular complexity index is 384. The quantitative estimate of drug-likeness (QED) is 0.331. The van der Waals surface area contributed by atoms with Crippen LogP contribution in [-0.4, -0.2) is 29.7 Å². The molecule has 3 unspecified atom stereocenters. The number of hydrogen-bond acceptors (Lipinski definition) is 4. The van der Waals surface area contributed by atoms with E-state index >= 15 is 0 Å². The van der Waals surface area contributed by atoms with E-state index in [1.54, 1.807) is 6.08 Å². The summed E-state index contributed by atoms with van der Waals surface area (Å²) in [5, 5.41) is 0. The van der Waals surface area contributed by atoms with Crippen LogP contribution in [0.5, 0.6) is 0 Å². The third-order valence-electron chi connectivity index (χ3n) is 2.86. The lowest BCUT2D eigenvalue weighted by Crippen LogP contribution is -2.18. The maximum atomic E-state index is 11.6. The first-order chi connectivity index (χ1) is 8.33. The van der Waals surface area contributed by atoms with Gasteiger partial charge in [0.1, 0.15) is 11.6 Å². The summed E-state index contributed by atoms with van der Waals surface area (Å²) in [6, 6.07) is 0. The van der Waals surface area contributed by atoms with E-state index in [-0.39, 0.29) is 30.5 Å². The number of hydrogen-bond donors (Lipinski definition) is 1. The van der Waals surface area contributed by atoms with Crippen LogP contribution in [0.2, 0.25) is 0 Å². The summed E-state index contributed by atoms with van der Waals surface area (Å²) < 4.78 is 15.6. The molecule has 1 N–H and O–H groups in total. The molecular formula is C12H18O5P. The van der Waals surface area contributed by atoms with Crippen molar-refractivity contribution < 1.29 is 23.6 Å². The second-order valence-corrected chi connectivity index (χ2v) is 6.34. The van der Waals surface area contributed by atoms with E-state index in [1.807, 2.05) is 0 Å². The predicted octanol–water partition coefficient (Wildman–Crippen LogP) is 1.76. The number of carbonyl (C=O) groups is 2. The zero-order valence-electron chi connectivity index (χ0n) is 10.4. The number of carbonyl (C=O) groups excluding carboxylic acids is 2. The van der Waals surface area contributed by atoms with Gasteiger partial charge in [0.25, 0.3) is 0 Å². The number of rotatable bonds is 7. The Balaban J connectivity index is 2.39. The van der Waals surface area contributed by atoms with Crippen molar-refractivity contribution in [3.63, 3.8) is 0 Å². The molecule has 3 atom stereocenters. The van der Waals surface area contributed by atoms with Gasteiger partial charge in [-0.05, 0) is 18.8 Å². The SMILES string of the molecule is C=CC(CCCOP(C)(=O)O)C1[CH]C(=O)CC1=O. The van der Waals surface area contributed by atoms with Crippen molar-refractivity contribution in [1.82, 2.24) is 0 Å². The van der Waals surface area contributed by atoms with Crippen LogP contribution in [0.4, 0.5) is 0 Å². The van der Waals surface area contributed by atoms with Gasteiger partial charge in [-0.2, -0.15) is 0 Å². The van der Waals surface area contributed by atoms with Gasteiger partial charge in [-0.15, -0.1) is 6.58 Å². The molecule has 0 amide bonds. The van der Waals surface area contributed by atoms with E-state index in [0.29, 0.717) is 12.8 Å². The lowest BCUT2D eigenvalue weighted by Gasteiger charge is -2.17. The van der Waals surface area contributed by atoms with E-state index in [0.717, 1.165) is 6.66 Å². The van der Waals surface area contributed by atoms with Crippen LogP contribution < -0.4 is 0 Å². The van der Waals surface area contributed by atoms with Crippen molar-refractivity contribution in [2.75, 3.05) is 13.3 Å². The van der Waals surface area contributed by atoms with Gasteiger partial charge in [-0.25, -0.2) is 0 Å². The number of Topliss-reactive ketones (excluding diaryl/α,β-unsaturated/α-hetero) is 2. The minimum atomic E-state index is -3.44. The summed E-state index contributed by atoms with van der Waals surface area (Å²) in [5.41, 5.74) is 0. The molecule has 0 aromatic rings. The van der Waals surface area contributed by atoms with Gasteiger partial charge in [0.2, 0.25) is 0 Å². The van der Waals surface area contributed by atoms with E-state index in [2.05, 4.69) is 6.58 Å². The Labute approximate surface area is 107 Å². The average molecular weight is 273 g/mol. The molecule has 1 saturated carbocycles. The fourth-order valence-electron chi connectivity index (χ4n) is 2.00.